The molecule has 2 rings (SSSR count). The second-order valence-electron chi connectivity index (χ2n) is 5.52. The molecular formula is C18H17F3N2O2. The minimum Gasteiger partial charge on any atom is -0.350 e. The highest BCUT2D eigenvalue weighted by molar-refractivity contribution is 5.96. The summed E-state index contributed by atoms with van der Waals surface area (Å²) in [5.74, 6) is -1.000. The van der Waals surface area contributed by atoms with Gasteiger partial charge in [-0.1, -0.05) is 29.8 Å². The molecule has 0 fully saturated rings. The maximum absolute atomic E-state index is 12.5. The highest BCUT2D eigenvalue weighted by atomic mass is 19.4. The molecule has 0 aliphatic rings. The van der Waals surface area contributed by atoms with Crippen LogP contribution < -0.4 is 10.6 Å². The van der Waals surface area contributed by atoms with Gasteiger partial charge in [-0.3, -0.25) is 9.59 Å². The Morgan fingerprint density at radius 2 is 1.52 bits per heavy atom. The van der Waals surface area contributed by atoms with Crippen LogP contribution in [0.25, 0.3) is 0 Å². The van der Waals surface area contributed by atoms with E-state index in [0.717, 1.165) is 35.4 Å². The quantitative estimate of drug-likeness (QED) is 0.871. The van der Waals surface area contributed by atoms with Crippen LogP contribution in [0.15, 0.2) is 48.5 Å². The van der Waals surface area contributed by atoms with E-state index in [4.69, 9.17) is 0 Å². The van der Waals surface area contributed by atoms with Crippen molar-refractivity contribution < 1.29 is 22.8 Å². The van der Waals surface area contributed by atoms with Crippen molar-refractivity contribution in [3.8, 4) is 0 Å². The standard InChI is InChI=1S/C18H17F3N2O2/c1-12-2-4-13(5-3-12)10-22-16(24)11-23-17(25)14-6-8-15(9-7-14)18(19,20)21/h2-9H,10-11H2,1H3,(H,22,24)(H,23,25). The largest absolute Gasteiger partial charge is 0.416 e. The first kappa shape index (κ1) is 18.5. The zero-order chi connectivity index (χ0) is 18.4. The van der Waals surface area contributed by atoms with Gasteiger partial charge in [0, 0.05) is 12.1 Å². The molecule has 4 nitrogen and oxygen atoms in total. The zero-order valence-corrected chi connectivity index (χ0v) is 13.5. The highest BCUT2D eigenvalue weighted by Crippen LogP contribution is 2.29. The third kappa shape index (κ3) is 5.63. The molecule has 0 heterocycles. The van der Waals surface area contributed by atoms with Crippen LogP contribution in [0, 0.1) is 6.92 Å². The average molecular weight is 350 g/mol. The summed E-state index contributed by atoms with van der Waals surface area (Å²) in [6.45, 7) is 2.03. The van der Waals surface area contributed by atoms with Gasteiger partial charge in [0.2, 0.25) is 5.91 Å². The third-order valence-corrected chi connectivity index (χ3v) is 3.49. The number of hydrogen-bond acceptors (Lipinski definition) is 2. The predicted molar refractivity (Wildman–Crippen MR) is 86.8 cm³/mol. The number of amides is 2. The molecule has 7 heteroatoms. The van der Waals surface area contributed by atoms with E-state index in [1.54, 1.807) is 0 Å². The van der Waals surface area contributed by atoms with Crippen LogP contribution in [0.2, 0.25) is 0 Å². The van der Waals surface area contributed by atoms with Crippen molar-refractivity contribution in [2.45, 2.75) is 19.6 Å². The molecule has 0 bridgehead atoms. The molecule has 0 saturated heterocycles. The Kier molecular flexibility index (Phi) is 5.80. The van der Waals surface area contributed by atoms with Gasteiger partial charge >= 0.3 is 6.18 Å². The Balaban J connectivity index is 1.80. The summed E-state index contributed by atoms with van der Waals surface area (Å²) in [5.41, 5.74) is 1.26. The number of alkyl halides is 3. The number of nitrogens with one attached hydrogen (secondary N) is 2. The molecule has 0 saturated carbocycles. The normalized spacial score (nSPS) is 11.0. The van der Waals surface area contributed by atoms with E-state index < -0.39 is 17.6 Å². The van der Waals surface area contributed by atoms with Gasteiger partial charge in [-0.15, -0.1) is 0 Å². The number of carbonyl (C=O) groups excluding carboxylic acids is 2. The summed E-state index contributed by atoms with van der Waals surface area (Å²) >= 11 is 0. The van der Waals surface area contributed by atoms with Crippen LogP contribution in [0.4, 0.5) is 13.2 Å². The van der Waals surface area contributed by atoms with Crippen molar-refractivity contribution in [3.63, 3.8) is 0 Å². The molecule has 2 aromatic rings. The third-order valence-electron chi connectivity index (χ3n) is 3.49. The van der Waals surface area contributed by atoms with E-state index in [-0.39, 0.29) is 18.0 Å². The van der Waals surface area contributed by atoms with Crippen LogP contribution in [0.5, 0.6) is 0 Å². The Morgan fingerprint density at radius 3 is 2.08 bits per heavy atom. The first-order chi connectivity index (χ1) is 11.8. The summed E-state index contributed by atoms with van der Waals surface area (Å²) < 4.78 is 37.4. The lowest BCUT2D eigenvalue weighted by Gasteiger charge is -2.09. The van der Waals surface area contributed by atoms with Crippen LogP contribution in [0.3, 0.4) is 0 Å². The predicted octanol–water partition coefficient (Wildman–Crippen LogP) is 3.06. The van der Waals surface area contributed by atoms with Crippen molar-refractivity contribution in [3.05, 3.63) is 70.8 Å². The second kappa shape index (κ2) is 7.83. The minimum atomic E-state index is -4.45. The van der Waals surface area contributed by atoms with Crippen LogP contribution in [0.1, 0.15) is 27.0 Å². The summed E-state index contributed by atoms with van der Waals surface area (Å²) in [5, 5.41) is 5.02. The van der Waals surface area contributed by atoms with E-state index >= 15 is 0 Å². The monoisotopic (exact) mass is 350 g/mol. The van der Waals surface area contributed by atoms with Gasteiger partial charge in [0.1, 0.15) is 0 Å². The summed E-state index contributed by atoms with van der Waals surface area (Å²) in [7, 11) is 0. The minimum absolute atomic E-state index is 0.0549. The molecule has 0 aromatic heterocycles. The first-order valence-electron chi connectivity index (χ1n) is 7.53. The maximum Gasteiger partial charge on any atom is 0.416 e. The van der Waals surface area contributed by atoms with Gasteiger partial charge in [0.15, 0.2) is 0 Å². The first-order valence-corrected chi connectivity index (χ1v) is 7.53. The number of rotatable bonds is 5. The Labute approximate surface area is 143 Å². The van der Waals surface area contributed by atoms with E-state index in [9.17, 15) is 22.8 Å². The Bertz CT molecular complexity index is 738. The van der Waals surface area contributed by atoms with E-state index in [2.05, 4.69) is 10.6 Å². The molecule has 0 spiro atoms. The Hall–Kier alpha value is -2.83. The Morgan fingerprint density at radius 1 is 0.920 bits per heavy atom. The number of hydrogen-bond donors (Lipinski definition) is 2. The topological polar surface area (TPSA) is 58.2 Å². The molecular weight excluding hydrogens is 333 g/mol. The molecule has 0 aliphatic heterocycles. The summed E-state index contributed by atoms with van der Waals surface area (Å²) in [6, 6.07) is 11.4. The summed E-state index contributed by atoms with van der Waals surface area (Å²) in [6.07, 6.45) is -4.45. The van der Waals surface area contributed by atoms with Crippen molar-refractivity contribution in [1.82, 2.24) is 10.6 Å². The molecule has 25 heavy (non-hydrogen) atoms. The lowest BCUT2D eigenvalue weighted by atomic mass is 10.1. The summed E-state index contributed by atoms with van der Waals surface area (Å²) in [4.78, 5) is 23.6. The average Bonchev–Trinajstić information content (AvgIpc) is 2.58. The van der Waals surface area contributed by atoms with Gasteiger partial charge < -0.3 is 10.6 Å². The molecule has 132 valence electrons. The van der Waals surface area contributed by atoms with Gasteiger partial charge in [0.05, 0.1) is 12.1 Å². The van der Waals surface area contributed by atoms with Crippen molar-refractivity contribution in [2.75, 3.05) is 6.54 Å². The van der Waals surface area contributed by atoms with Crippen molar-refractivity contribution >= 4 is 11.8 Å². The molecule has 0 atom stereocenters. The molecule has 0 aliphatic carbocycles. The fourth-order valence-electron chi connectivity index (χ4n) is 2.04. The van der Waals surface area contributed by atoms with Crippen molar-refractivity contribution in [2.24, 2.45) is 0 Å². The van der Waals surface area contributed by atoms with E-state index in [1.807, 2.05) is 31.2 Å². The van der Waals surface area contributed by atoms with E-state index in [1.165, 1.54) is 0 Å². The van der Waals surface area contributed by atoms with Crippen LogP contribution in [-0.4, -0.2) is 18.4 Å². The molecule has 0 radical (unpaired) electrons. The highest BCUT2D eigenvalue weighted by Gasteiger charge is 2.30. The maximum atomic E-state index is 12.5. The number of aryl methyl sites for hydroxylation is 1. The van der Waals surface area contributed by atoms with Gasteiger partial charge in [-0.05, 0) is 36.8 Å². The molecule has 2 N–H and O–H groups in total. The van der Waals surface area contributed by atoms with Crippen molar-refractivity contribution in [1.29, 1.82) is 0 Å². The SMILES string of the molecule is Cc1ccc(CNC(=O)CNC(=O)c2ccc(C(F)(F)F)cc2)cc1. The lowest BCUT2D eigenvalue weighted by molar-refractivity contribution is -0.137. The number of halogens is 3. The van der Waals surface area contributed by atoms with Gasteiger partial charge in [-0.25, -0.2) is 0 Å². The molecule has 0 unspecified atom stereocenters. The zero-order valence-electron chi connectivity index (χ0n) is 13.5. The second-order valence-corrected chi connectivity index (χ2v) is 5.52. The lowest BCUT2D eigenvalue weighted by Crippen LogP contribution is -2.36. The number of benzene rings is 2. The van der Waals surface area contributed by atoms with Gasteiger partial charge in [0.25, 0.3) is 5.91 Å². The van der Waals surface area contributed by atoms with Gasteiger partial charge in [-0.2, -0.15) is 13.2 Å². The molecule has 2 amide bonds. The van der Waals surface area contributed by atoms with E-state index in [0.29, 0.717) is 6.54 Å². The molecule has 2 aromatic carbocycles. The smallest absolute Gasteiger partial charge is 0.350 e. The fraction of sp³-hybridized carbons (Fsp3) is 0.222. The number of carbonyl (C=O) groups is 2. The fourth-order valence-corrected chi connectivity index (χ4v) is 2.04. The van der Waals surface area contributed by atoms with Crippen LogP contribution in [-0.2, 0) is 17.5 Å². The van der Waals surface area contributed by atoms with Crippen LogP contribution >= 0.6 is 0 Å².